The number of carbonyl (C=O) groups is 6. The molecule has 0 aromatic carbocycles. The van der Waals surface area contributed by atoms with Crippen molar-refractivity contribution < 1.29 is 52.8 Å². The summed E-state index contributed by atoms with van der Waals surface area (Å²) in [4.78, 5) is 83.4. The fraction of sp³-hybridized carbons (Fsp3) is 0.531. The molecule has 1 fully saturated rings. The van der Waals surface area contributed by atoms with Crippen LogP contribution in [-0.2, 0) is 42.9 Å². The number of hydrogen-bond donors (Lipinski definition) is 4. The molecule has 0 saturated heterocycles. The number of aromatic nitrogens is 3. The topological polar surface area (TPSA) is 225 Å². The Balaban J connectivity index is 2.06. The van der Waals surface area contributed by atoms with Gasteiger partial charge < -0.3 is 39.7 Å². The summed E-state index contributed by atoms with van der Waals surface area (Å²) in [5.74, 6) is -3.91. The summed E-state index contributed by atoms with van der Waals surface area (Å²) in [6, 6.07) is -0.225. The van der Waals surface area contributed by atoms with E-state index >= 15 is 0 Å². The van der Waals surface area contributed by atoms with Crippen LogP contribution in [0, 0.1) is 21.0 Å². The second-order valence-corrected chi connectivity index (χ2v) is 15.2. The molecule has 2 unspecified atom stereocenters. The molecule has 2 rings (SSSR count). The van der Waals surface area contributed by atoms with E-state index in [0.717, 1.165) is 41.8 Å². The number of carboxylic acid groups (broad SMARTS) is 1. The first-order valence-electron chi connectivity index (χ1n) is 15.4. The SMILES string of the molecule is C=CC(=O)OCC(COC(=O)C=C)(COC(=O)C=C)COC(=O)NCC1(C)CC(NC(=O)CSc2nc(SCC(=O)O)[nH]c(=S)n2)CC(C)(C)C1. The maximum Gasteiger partial charge on any atom is 0.407 e. The average Bonchev–Trinajstić information content (AvgIpc) is 3.06. The molecule has 0 bridgehead atoms. The van der Waals surface area contributed by atoms with E-state index in [1.165, 1.54) is 0 Å². The Bertz CT molecular complexity index is 1490. The molecule has 0 spiro atoms. The maximum atomic E-state index is 13.0. The van der Waals surface area contributed by atoms with Gasteiger partial charge in [-0.15, -0.1) is 0 Å². The Hall–Kier alpha value is -4.23. The van der Waals surface area contributed by atoms with Gasteiger partial charge in [0, 0.05) is 30.8 Å². The van der Waals surface area contributed by atoms with Crippen molar-refractivity contribution in [3.63, 3.8) is 0 Å². The highest BCUT2D eigenvalue weighted by atomic mass is 32.2. The Labute approximate surface area is 309 Å². The van der Waals surface area contributed by atoms with E-state index in [1.54, 1.807) is 0 Å². The third-order valence-electron chi connectivity index (χ3n) is 7.31. The van der Waals surface area contributed by atoms with E-state index in [4.69, 9.17) is 36.3 Å². The zero-order chi connectivity index (χ0) is 38.2. The van der Waals surface area contributed by atoms with Crippen LogP contribution < -0.4 is 10.6 Å². The molecule has 1 aliphatic carbocycles. The summed E-state index contributed by atoms with van der Waals surface area (Å²) in [5.41, 5.74) is -2.15. The van der Waals surface area contributed by atoms with E-state index in [9.17, 15) is 28.8 Å². The van der Waals surface area contributed by atoms with Gasteiger partial charge in [0.1, 0.15) is 31.8 Å². The highest BCUT2D eigenvalue weighted by Gasteiger charge is 2.42. The van der Waals surface area contributed by atoms with E-state index in [1.807, 2.05) is 6.92 Å². The number of nitrogens with one attached hydrogen (secondary N) is 3. The fourth-order valence-corrected chi connectivity index (χ4v) is 7.13. The standard InChI is InChI=1S/C32H43N5O11S3/c1-7-23(41)45-16-32(17-46-24(42)8-2,18-47-25(43)9-3)19-48-29(44)33-15-31(6)11-20(10-30(4,5)14-31)34-21(38)12-50-27-35-26(49)36-28(37-27)51-13-22(39)40/h7-9,20H,1-3,10-19H2,4-6H3,(H,33,44)(H,34,38)(H,39,40)(H,35,36,37,49). The van der Waals surface area contributed by atoms with Crippen molar-refractivity contribution in [1.29, 1.82) is 0 Å². The van der Waals surface area contributed by atoms with Crippen LogP contribution in [0.5, 0.6) is 0 Å². The van der Waals surface area contributed by atoms with E-state index in [2.05, 4.69) is 59.2 Å². The van der Waals surface area contributed by atoms with Crippen molar-refractivity contribution in [3.8, 4) is 0 Å². The summed E-state index contributed by atoms with van der Waals surface area (Å²) in [5, 5.41) is 15.3. The lowest BCUT2D eigenvalue weighted by atomic mass is 9.62. The second-order valence-electron chi connectivity index (χ2n) is 12.9. The van der Waals surface area contributed by atoms with Crippen LogP contribution in [0.4, 0.5) is 4.79 Å². The molecular formula is C32H43N5O11S3. The molecule has 1 aromatic heterocycles. The van der Waals surface area contributed by atoms with Crippen molar-refractivity contribution in [2.24, 2.45) is 16.2 Å². The second kappa shape index (κ2) is 20.0. The maximum absolute atomic E-state index is 13.0. The van der Waals surface area contributed by atoms with Crippen LogP contribution >= 0.6 is 35.7 Å². The Morgan fingerprint density at radius 3 is 1.98 bits per heavy atom. The summed E-state index contributed by atoms with van der Waals surface area (Å²) < 4.78 is 21.1. The van der Waals surface area contributed by atoms with Gasteiger partial charge in [0.15, 0.2) is 10.3 Å². The van der Waals surface area contributed by atoms with Gasteiger partial charge in [-0.05, 0) is 42.3 Å². The molecule has 1 aliphatic rings. The minimum Gasteiger partial charge on any atom is -0.481 e. The molecule has 4 N–H and O–H groups in total. The van der Waals surface area contributed by atoms with Crippen molar-refractivity contribution in [3.05, 3.63) is 42.7 Å². The molecule has 19 heteroatoms. The summed E-state index contributed by atoms with van der Waals surface area (Å²) in [7, 11) is 0. The van der Waals surface area contributed by atoms with Crippen LogP contribution in [0.2, 0.25) is 0 Å². The number of carboxylic acids is 1. The lowest BCUT2D eigenvalue weighted by molar-refractivity contribution is -0.159. The number of aromatic amines is 1. The van der Waals surface area contributed by atoms with Crippen LogP contribution in [0.1, 0.15) is 40.0 Å². The van der Waals surface area contributed by atoms with Crippen LogP contribution in [0.25, 0.3) is 0 Å². The zero-order valence-corrected chi connectivity index (χ0v) is 31.1. The van der Waals surface area contributed by atoms with Gasteiger partial charge in [0.25, 0.3) is 0 Å². The third-order valence-corrected chi connectivity index (χ3v) is 9.21. The number of hydrogen-bond acceptors (Lipinski definition) is 15. The monoisotopic (exact) mass is 769 g/mol. The van der Waals surface area contributed by atoms with E-state index in [-0.39, 0.29) is 50.5 Å². The van der Waals surface area contributed by atoms with Crippen LogP contribution in [0.15, 0.2) is 48.3 Å². The molecule has 1 saturated carbocycles. The number of nitrogens with zero attached hydrogens (tertiary/aromatic N) is 2. The highest BCUT2D eigenvalue weighted by Crippen LogP contribution is 2.45. The molecule has 0 aliphatic heterocycles. The largest absolute Gasteiger partial charge is 0.481 e. The normalized spacial score (nSPS) is 17.9. The summed E-state index contributed by atoms with van der Waals surface area (Å²) in [6.45, 7) is 14.5. The van der Waals surface area contributed by atoms with Gasteiger partial charge in [-0.25, -0.2) is 19.2 Å². The molecule has 1 heterocycles. The first-order chi connectivity index (χ1) is 23.9. The predicted octanol–water partition coefficient (Wildman–Crippen LogP) is 3.40. The van der Waals surface area contributed by atoms with Gasteiger partial charge in [-0.2, -0.15) is 9.97 Å². The van der Waals surface area contributed by atoms with Crippen molar-refractivity contribution in [2.45, 2.75) is 56.4 Å². The number of ether oxygens (including phenoxy) is 4. The van der Waals surface area contributed by atoms with Gasteiger partial charge in [-0.1, -0.05) is 64.0 Å². The molecule has 2 atom stereocenters. The Kier molecular flexibility index (Phi) is 16.8. The van der Waals surface area contributed by atoms with Gasteiger partial charge >= 0.3 is 30.0 Å². The smallest absolute Gasteiger partial charge is 0.407 e. The lowest BCUT2D eigenvalue weighted by Gasteiger charge is -2.46. The number of rotatable bonds is 20. The number of alkyl carbamates (subject to hydrolysis) is 1. The van der Waals surface area contributed by atoms with Crippen molar-refractivity contribution in [2.75, 3.05) is 44.5 Å². The fourth-order valence-electron chi connectivity index (χ4n) is 5.53. The molecule has 2 amide bonds. The first-order valence-corrected chi connectivity index (χ1v) is 17.8. The number of carbonyl (C=O) groups excluding carboxylic acids is 5. The minimum atomic E-state index is -1.48. The zero-order valence-electron chi connectivity index (χ0n) is 28.7. The highest BCUT2D eigenvalue weighted by molar-refractivity contribution is 8.00. The van der Waals surface area contributed by atoms with Crippen LogP contribution in [0.3, 0.4) is 0 Å². The quantitative estimate of drug-likeness (QED) is 0.0490. The molecule has 51 heavy (non-hydrogen) atoms. The first kappa shape index (κ1) is 42.9. The molecule has 1 aromatic rings. The molecular weight excluding hydrogens is 727 g/mol. The number of thioether (sulfide) groups is 2. The third kappa shape index (κ3) is 16.1. The molecule has 16 nitrogen and oxygen atoms in total. The predicted molar refractivity (Wildman–Crippen MR) is 189 cm³/mol. The average molecular weight is 770 g/mol. The van der Waals surface area contributed by atoms with Crippen molar-refractivity contribution >= 4 is 71.6 Å². The van der Waals surface area contributed by atoms with E-state index in [0.29, 0.717) is 19.3 Å². The van der Waals surface area contributed by atoms with Gasteiger partial charge in [0.05, 0.1) is 11.5 Å². The number of amides is 2. The molecule has 280 valence electrons. The lowest BCUT2D eigenvalue weighted by Crippen LogP contribution is -2.51. The minimum absolute atomic E-state index is 0.00583. The summed E-state index contributed by atoms with van der Waals surface area (Å²) in [6.07, 6.45) is 3.85. The Morgan fingerprint density at radius 2 is 1.45 bits per heavy atom. The van der Waals surface area contributed by atoms with Crippen molar-refractivity contribution in [1.82, 2.24) is 25.6 Å². The summed E-state index contributed by atoms with van der Waals surface area (Å²) >= 11 is 7.12. The molecule has 0 radical (unpaired) electrons. The number of esters is 3. The number of aliphatic carboxylic acids is 1. The van der Waals surface area contributed by atoms with Gasteiger partial charge in [-0.3, -0.25) is 9.59 Å². The van der Waals surface area contributed by atoms with Crippen LogP contribution in [-0.4, -0.2) is 106 Å². The van der Waals surface area contributed by atoms with E-state index < -0.39 is 67.2 Å². The number of H-pyrrole nitrogens is 1. The Morgan fingerprint density at radius 1 is 0.902 bits per heavy atom. The van der Waals surface area contributed by atoms with Gasteiger partial charge in [0.2, 0.25) is 10.7 Å².